The summed E-state index contributed by atoms with van der Waals surface area (Å²) < 4.78 is 93.7. The van der Waals surface area contributed by atoms with Crippen molar-refractivity contribution in [1.29, 1.82) is 0 Å². The van der Waals surface area contributed by atoms with Gasteiger partial charge in [0, 0.05) is 11.8 Å². The molecule has 0 amide bonds. The summed E-state index contributed by atoms with van der Waals surface area (Å²) in [4.78, 5) is 38.1. The zero-order chi connectivity index (χ0) is 33.8. The number of fused-ring (bicyclic) bond motifs is 1. The minimum Gasteiger partial charge on any atom is -0.464 e. The van der Waals surface area contributed by atoms with Crippen LogP contribution in [0.4, 0.5) is 17.6 Å². The molecular formula is C29H34F4N3O9P. The van der Waals surface area contributed by atoms with Gasteiger partial charge in [-0.3, -0.25) is 23.7 Å². The second kappa shape index (κ2) is 14.5. The van der Waals surface area contributed by atoms with E-state index in [1.807, 2.05) is 13.8 Å². The molecule has 2 aromatic carbocycles. The van der Waals surface area contributed by atoms with Crippen LogP contribution in [0, 0.1) is 11.7 Å². The van der Waals surface area contributed by atoms with Gasteiger partial charge in [-0.05, 0) is 24.3 Å². The molecule has 0 radical (unpaired) electrons. The first-order chi connectivity index (χ1) is 21.7. The summed E-state index contributed by atoms with van der Waals surface area (Å²) in [7, 11) is -5.20. The smallest absolute Gasteiger partial charge is 0.460 e. The Bertz CT molecular complexity index is 1690. The molecule has 3 N–H and O–H groups in total. The zero-order valence-electron chi connectivity index (χ0n) is 25.0. The van der Waals surface area contributed by atoms with Gasteiger partial charge >= 0.3 is 25.6 Å². The van der Waals surface area contributed by atoms with E-state index >= 15 is 0 Å². The highest BCUT2D eigenvalue weighted by Crippen LogP contribution is 2.51. The Morgan fingerprint density at radius 1 is 1.17 bits per heavy atom. The van der Waals surface area contributed by atoms with Crippen LogP contribution in [0.1, 0.15) is 46.3 Å². The van der Waals surface area contributed by atoms with Crippen LogP contribution in [0.3, 0.4) is 0 Å². The summed E-state index contributed by atoms with van der Waals surface area (Å²) in [6.45, 7) is 5.02. The lowest BCUT2D eigenvalue weighted by atomic mass is 10.1. The molecule has 12 nitrogen and oxygen atoms in total. The van der Waals surface area contributed by atoms with Crippen molar-refractivity contribution in [2.24, 2.45) is 5.92 Å². The van der Waals surface area contributed by atoms with Gasteiger partial charge in [-0.25, -0.2) is 9.36 Å². The number of esters is 1. The van der Waals surface area contributed by atoms with Gasteiger partial charge in [0.2, 0.25) is 5.82 Å². The number of carbonyl (C=O) groups excluding carboxylic acids is 1. The van der Waals surface area contributed by atoms with Gasteiger partial charge in [0.05, 0.1) is 18.9 Å². The number of nitrogens with zero attached hydrogens (tertiary/aromatic N) is 1. The maximum atomic E-state index is 14.6. The number of aliphatic hydroxyl groups is 1. The highest BCUT2D eigenvalue weighted by molar-refractivity contribution is 7.52. The minimum absolute atomic E-state index is 0.0204. The van der Waals surface area contributed by atoms with E-state index < -0.39 is 74.0 Å². The molecule has 2 heterocycles. The summed E-state index contributed by atoms with van der Waals surface area (Å²) in [6, 6.07) is 9.61. The molecule has 252 valence electrons. The third-order valence-electron chi connectivity index (χ3n) is 7.53. The molecule has 6 atom stereocenters. The fraction of sp³-hybridized carbons (Fsp3) is 0.483. The summed E-state index contributed by atoms with van der Waals surface area (Å²) in [5, 5.41) is 13.8. The van der Waals surface area contributed by atoms with Gasteiger partial charge in [-0.2, -0.15) is 22.6 Å². The molecule has 3 aromatic rings. The van der Waals surface area contributed by atoms with E-state index in [9.17, 15) is 41.6 Å². The number of rotatable bonds is 13. The number of hydrogen-bond acceptors (Lipinski definition) is 9. The quantitative estimate of drug-likeness (QED) is 0.133. The van der Waals surface area contributed by atoms with Crippen molar-refractivity contribution in [2.45, 2.75) is 76.8 Å². The van der Waals surface area contributed by atoms with Crippen LogP contribution in [0.5, 0.6) is 5.75 Å². The van der Waals surface area contributed by atoms with Gasteiger partial charge < -0.3 is 19.1 Å². The largest absolute Gasteiger partial charge is 0.464 e. The second-order valence-corrected chi connectivity index (χ2v) is 12.4. The van der Waals surface area contributed by atoms with Crippen LogP contribution >= 0.6 is 7.75 Å². The average molecular weight is 676 g/mol. The maximum Gasteiger partial charge on any atom is 0.460 e. The third kappa shape index (κ3) is 8.23. The monoisotopic (exact) mass is 675 g/mol. The first kappa shape index (κ1) is 35.3. The number of aromatic amines is 1. The third-order valence-corrected chi connectivity index (χ3v) is 9.18. The topological polar surface area (TPSA) is 158 Å². The predicted molar refractivity (Wildman–Crippen MR) is 157 cm³/mol. The van der Waals surface area contributed by atoms with Gasteiger partial charge in [0.25, 0.3) is 5.56 Å². The van der Waals surface area contributed by atoms with E-state index in [1.165, 1.54) is 19.1 Å². The summed E-state index contributed by atoms with van der Waals surface area (Å²) in [5.41, 5.74) is -2.57. The molecule has 0 aliphatic carbocycles. The number of carbonyl (C=O) groups is 1. The molecule has 1 fully saturated rings. The molecule has 0 spiro atoms. The fourth-order valence-electron chi connectivity index (χ4n) is 4.87. The maximum absolute atomic E-state index is 14.6. The van der Waals surface area contributed by atoms with Crippen LogP contribution in [-0.2, 0) is 23.4 Å². The minimum atomic E-state index is -5.36. The first-order valence-corrected chi connectivity index (χ1v) is 16.0. The number of halogens is 4. The number of benzene rings is 2. The molecule has 1 unspecified atom stereocenters. The second-order valence-electron chi connectivity index (χ2n) is 10.8. The molecule has 1 saturated heterocycles. The lowest BCUT2D eigenvalue weighted by molar-refractivity contribution is -0.237. The number of aromatic nitrogens is 2. The van der Waals surface area contributed by atoms with Crippen LogP contribution in [-0.4, -0.2) is 57.8 Å². The molecule has 1 aliphatic rings. The number of nitrogens with one attached hydrogen (secondary N) is 2. The van der Waals surface area contributed by atoms with Crippen molar-refractivity contribution >= 4 is 24.5 Å². The standard InChI is InChI=1S/C29H34F4N3O9P/c1-4-17(5-2)15-42-27(39)16(3)35-46(41,44-22-12-8-10-18-9-6-7-11-19(18)22)45-25(29(31,32)33)24-21(37)13-23(43-24)36-14-20(30)26(38)34-28(36)40/h6-12,14,16-17,21,23-25,37H,4-5,13,15H2,1-3H3,(H,35,41)(H,34,38,40)/t16-,21?,23+,24-,25-,46+/m0/s1. The lowest BCUT2D eigenvalue weighted by Crippen LogP contribution is -2.48. The predicted octanol–water partition coefficient (Wildman–Crippen LogP) is 4.57. The van der Waals surface area contributed by atoms with Crippen molar-refractivity contribution in [2.75, 3.05) is 6.61 Å². The summed E-state index contributed by atoms with van der Waals surface area (Å²) >= 11 is 0. The molecule has 46 heavy (non-hydrogen) atoms. The van der Waals surface area contributed by atoms with Crippen molar-refractivity contribution < 1.29 is 50.5 Å². The Labute approximate surface area is 260 Å². The van der Waals surface area contributed by atoms with E-state index in [2.05, 4.69) is 5.09 Å². The number of H-pyrrole nitrogens is 1. The van der Waals surface area contributed by atoms with E-state index in [0.29, 0.717) is 34.4 Å². The molecular weight excluding hydrogens is 641 g/mol. The fourth-order valence-corrected chi connectivity index (χ4v) is 6.57. The van der Waals surface area contributed by atoms with Crippen LogP contribution < -0.4 is 20.9 Å². The number of alkyl halides is 3. The number of hydrogen-bond donors (Lipinski definition) is 3. The van der Waals surface area contributed by atoms with E-state index in [4.69, 9.17) is 18.5 Å². The van der Waals surface area contributed by atoms with Gasteiger partial charge in [-0.1, -0.05) is 63.1 Å². The van der Waals surface area contributed by atoms with Crippen LogP contribution in [0.2, 0.25) is 0 Å². The highest BCUT2D eigenvalue weighted by atomic mass is 31.2. The van der Waals surface area contributed by atoms with Crippen molar-refractivity contribution in [3.05, 3.63) is 75.3 Å². The Hall–Kier alpha value is -3.56. The molecule has 1 aromatic heterocycles. The zero-order valence-corrected chi connectivity index (χ0v) is 25.9. The Morgan fingerprint density at radius 3 is 2.52 bits per heavy atom. The first-order valence-electron chi connectivity index (χ1n) is 14.5. The Balaban J connectivity index is 1.67. The van der Waals surface area contributed by atoms with Gasteiger partial charge in [0.1, 0.15) is 24.1 Å². The SMILES string of the molecule is CCC(CC)COC(=O)[C@H](C)N[P@@](=O)(Oc1cccc2ccccc12)O[C@@H]([C@H]1O[C@@H](n2cc(F)c(=O)[nH]c2=O)CC1O)C(F)(F)F. The molecule has 17 heteroatoms. The van der Waals surface area contributed by atoms with Crippen molar-refractivity contribution in [3.8, 4) is 5.75 Å². The lowest BCUT2D eigenvalue weighted by Gasteiger charge is -2.32. The van der Waals surface area contributed by atoms with E-state index in [-0.39, 0.29) is 18.3 Å². The van der Waals surface area contributed by atoms with Crippen LogP contribution in [0.15, 0.2) is 58.3 Å². The number of aliphatic hydroxyl groups excluding tert-OH is 1. The van der Waals surface area contributed by atoms with Crippen LogP contribution in [0.25, 0.3) is 10.8 Å². The molecule has 4 rings (SSSR count). The highest BCUT2D eigenvalue weighted by Gasteiger charge is 2.56. The van der Waals surface area contributed by atoms with Gasteiger partial charge in [0.15, 0.2) is 6.10 Å². The normalized spacial score (nSPS) is 21.2. The van der Waals surface area contributed by atoms with E-state index in [1.54, 1.807) is 35.3 Å². The Kier molecular flexibility index (Phi) is 11.1. The summed E-state index contributed by atoms with van der Waals surface area (Å²) in [5.74, 6) is -2.48. The van der Waals surface area contributed by atoms with E-state index in [0.717, 1.165) is 0 Å². The average Bonchev–Trinajstić information content (AvgIpc) is 3.38. The molecule has 1 aliphatic heterocycles. The van der Waals surface area contributed by atoms with Crippen molar-refractivity contribution in [3.63, 3.8) is 0 Å². The van der Waals surface area contributed by atoms with Gasteiger partial charge in [-0.15, -0.1) is 0 Å². The van der Waals surface area contributed by atoms with Crippen molar-refractivity contribution in [1.82, 2.24) is 14.6 Å². The summed E-state index contributed by atoms with van der Waals surface area (Å²) in [6.07, 6.45) is -13.3. The Morgan fingerprint density at radius 2 is 1.85 bits per heavy atom. The molecule has 0 saturated carbocycles. The molecule has 0 bridgehead atoms. The number of ether oxygens (including phenoxy) is 2.